The van der Waals surface area contributed by atoms with E-state index in [1.807, 2.05) is 0 Å². The number of carbonyl (C=O) groups is 1. The summed E-state index contributed by atoms with van der Waals surface area (Å²) >= 11 is 0. The minimum atomic E-state index is -1.58. The number of hydrogen-bond donors (Lipinski definition) is 1. The number of esters is 1. The van der Waals surface area contributed by atoms with E-state index >= 15 is 0 Å². The number of rotatable bonds is 4. The molecule has 26 heavy (non-hydrogen) atoms. The van der Waals surface area contributed by atoms with Crippen LogP contribution in [0.4, 0.5) is 14.5 Å². The highest BCUT2D eigenvalue weighted by molar-refractivity contribution is 5.93. The molecule has 0 saturated carbocycles. The van der Waals surface area contributed by atoms with Gasteiger partial charge in [-0.15, -0.1) is 0 Å². The molecule has 1 aromatic carbocycles. The minimum Gasteiger partial charge on any atom is -0.463 e. The summed E-state index contributed by atoms with van der Waals surface area (Å²) in [7, 11) is 0. The van der Waals surface area contributed by atoms with Crippen LogP contribution in [0.3, 0.4) is 0 Å². The molecule has 1 atom stereocenters. The molecular formula is C16H13F2N3O5. The number of benzene rings is 1. The molecule has 1 aliphatic rings. The van der Waals surface area contributed by atoms with E-state index in [0.29, 0.717) is 12.1 Å². The summed E-state index contributed by atoms with van der Waals surface area (Å²) < 4.78 is 38.0. The molecule has 1 aromatic rings. The number of nitro groups is 1. The fourth-order valence-electron chi connectivity index (χ4n) is 2.65. The van der Waals surface area contributed by atoms with E-state index < -0.39 is 51.2 Å². The Morgan fingerprint density at radius 1 is 1.50 bits per heavy atom. The second-order valence-electron chi connectivity index (χ2n) is 5.19. The van der Waals surface area contributed by atoms with E-state index in [1.165, 1.54) is 13.8 Å². The van der Waals surface area contributed by atoms with E-state index in [1.54, 1.807) is 6.07 Å². The van der Waals surface area contributed by atoms with E-state index in [4.69, 9.17) is 15.2 Å². The SMILES string of the molecule is CCOC(=O)C1=C(C)OC(N)=C(C#N)C1c1c(F)cc(F)cc1[N+](=O)[O-]. The first-order valence-electron chi connectivity index (χ1n) is 7.31. The van der Waals surface area contributed by atoms with Gasteiger partial charge >= 0.3 is 5.97 Å². The average molecular weight is 365 g/mol. The van der Waals surface area contributed by atoms with Gasteiger partial charge in [-0.25, -0.2) is 13.6 Å². The lowest BCUT2D eigenvalue weighted by molar-refractivity contribution is -0.386. The lowest BCUT2D eigenvalue weighted by Crippen LogP contribution is -2.26. The zero-order valence-corrected chi connectivity index (χ0v) is 13.7. The normalized spacial score (nSPS) is 16.8. The van der Waals surface area contributed by atoms with Crippen LogP contribution in [0.2, 0.25) is 0 Å². The summed E-state index contributed by atoms with van der Waals surface area (Å²) in [5, 5.41) is 20.7. The molecule has 1 heterocycles. The third kappa shape index (κ3) is 3.19. The van der Waals surface area contributed by atoms with Crippen molar-refractivity contribution in [3.05, 3.63) is 62.2 Å². The Hall–Kier alpha value is -3.48. The number of nitro benzene ring substituents is 1. The number of hydrogen-bond acceptors (Lipinski definition) is 7. The maximum absolute atomic E-state index is 14.5. The maximum Gasteiger partial charge on any atom is 0.338 e. The van der Waals surface area contributed by atoms with Crippen LogP contribution in [0.1, 0.15) is 25.3 Å². The van der Waals surface area contributed by atoms with E-state index in [0.717, 1.165) is 0 Å². The molecule has 0 saturated heterocycles. The molecule has 0 amide bonds. The first-order valence-corrected chi connectivity index (χ1v) is 7.31. The van der Waals surface area contributed by atoms with Gasteiger partial charge in [-0.05, 0) is 13.8 Å². The molecule has 136 valence electrons. The zero-order valence-electron chi connectivity index (χ0n) is 13.7. The Morgan fingerprint density at radius 3 is 2.69 bits per heavy atom. The third-order valence-electron chi connectivity index (χ3n) is 3.66. The van der Waals surface area contributed by atoms with Crippen molar-refractivity contribution in [3.63, 3.8) is 0 Å². The first-order chi connectivity index (χ1) is 12.2. The topological polar surface area (TPSA) is 128 Å². The summed E-state index contributed by atoms with van der Waals surface area (Å²) in [6, 6.07) is 2.58. The second kappa shape index (κ2) is 7.18. The van der Waals surface area contributed by atoms with E-state index in [-0.39, 0.29) is 17.9 Å². The van der Waals surface area contributed by atoms with Crippen molar-refractivity contribution in [1.82, 2.24) is 0 Å². The van der Waals surface area contributed by atoms with Crippen molar-refractivity contribution in [2.24, 2.45) is 5.73 Å². The van der Waals surface area contributed by atoms with Gasteiger partial charge in [-0.2, -0.15) is 5.26 Å². The molecular weight excluding hydrogens is 352 g/mol. The summed E-state index contributed by atoms with van der Waals surface area (Å²) in [5.41, 5.74) is 3.26. The van der Waals surface area contributed by atoms with Crippen molar-refractivity contribution in [3.8, 4) is 6.07 Å². The Morgan fingerprint density at radius 2 is 2.15 bits per heavy atom. The molecule has 0 radical (unpaired) electrons. The minimum absolute atomic E-state index is 0.0442. The Kier molecular flexibility index (Phi) is 5.21. The highest BCUT2D eigenvalue weighted by atomic mass is 19.1. The van der Waals surface area contributed by atoms with Crippen LogP contribution < -0.4 is 5.73 Å². The quantitative estimate of drug-likeness (QED) is 0.493. The molecule has 0 aliphatic carbocycles. The van der Waals surface area contributed by atoms with Crippen LogP contribution >= 0.6 is 0 Å². The van der Waals surface area contributed by atoms with Gasteiger partial charge in [0, 0.05) is 6.07 Å². The van der Waals surface area contributed by atoms with E-state index in [9.17, 15) is 29.0 Å². The van der Waals surface area contributed by atoms with Crippen LogP contribution in [0, 0.1) is 33.1 Å². The Bertz CT molecular complexity index is 902. The van der Waals surface area contributed by atoms with Gasteiger partial charge in [0.2, 0.25) is 5.88 Å². The number of nitrogens with two attached hydrogens (primary N) is 1. The average Bonchev–Trinajstić information content (AvgIpc) is 2.53. The Balaban J connectivity index is 2.85. The monoisotopic (exact) mass is 365 g/mol. The van der Waals surface area contributed by atoms with Crippen LogP contribution in [-0.2, 0) is 14.3 Å². The molecule has 0 fully saturated rings. The first kappa shape index (κ1) is 18.9. The predicted octanol–water partition coefficient (Wildman–Crippen LogP) is 2.52. The molecule has 0 spiro atoms. The number of allylic oxidation sites excluding steroid dienone is 2. The van der Waals surface area contributed by atoms with Gasteiger partial charge in [0.25, 0.3) is 5.69 Å². The van der Waals surface area contributed by atoms with Crippen LogP contribution in [0.5, 0.6) is 0 Å². The second-order valence-corrected chi connectivity index (χ2v) is 5.19. The van der Waals surface area contributed by atoms with Gasteiger partial charge in [0.05, 0.1) is 34.7 Å². The van der Waals surface area contributed by atoms with Gasteiger partial charge in [0.15, 0.2) is 0 Å². The maximum atomic E-state index is 14.5. The van der Waals surface area contributed by atoms with Crippen LogP contribution in [0.25, 0.3) is 0 Å². The summed E-state index contributed by atoms with van der Waals surface area (Å²) in [6.45, 7) is 2.79. The van der Waals surface area contributed by atoms with Crippen LogP contribution in [0.15, 0.2) is 34.9 Å². The van der Waals surface area contributed by atoms with Crippen molar-refractivity contribution in [2.45, 2.75) is 19.8 Å². The molecule has 1 aliphatic heterocycles. The van der Waals surface area contributed by atoms with Gasteiger partial charge < -0.3 is 15.2 Å². The molecule has 10 heteroatoms. The van der Waals surface area contributed by atoms with Gasteiger partial charge in [-0.3, -0.25) is 10.1 Å². The van der Waals surface area contributed by atoms with Gasteiger partial charge in [0.1, 0.15) is 29.0 Å². The largest absolute Gasteiger partial charge is 0.463 e. The van der Waals surface area contributed by atoms with Crippen molar-refractivity contribution in [1.29, 1.82) is 5.26 Å². The van der Waals surface area contributed by atoms with Crippen molar-refractivity contribution in [2.75, 3.05) is 6.61 Å². The summed E-state index contributed by atoms with van der Waals surface area (Å²) in [6.07, 6.45) is 0. The summed E-state index contributed by atoms with van der Waals surface area (Å²) in [5.74, 6) is -5.58. The number of carbonyl (C=O) groups excluding carboxylic acids is 1. The number of halogens is 2. The predicted molar refractivity (Wildman–Crippen MR) is 83.0 cm³/mol. The molecule has 0 bridgehead atoms. The number of ether oxygens (including phenoxy) is 2. The van der Waals surface area contributed by atoms with Crippen molar-refractivity contribution < 1.29 is 28.0 Å². The highest BCUT2D eigenvalue weighted by Gasteiger charge is 2.41. The van der Waals surface area contributed by atoms with E-state index in [2.05, 4.69) is 0 Å². The zero-order chi connectivity index (χ0) is 19.6. The molecule has 2 rings (SSSR count). The standard InChI is InChI=1S/C16H13F2N3O5/c1-3-25-16(22)12-7(2)26-15(20)9(6-19)13(12)14-10(18)4-8(17)5-11(14)21(23)24/h4-5,13H,3,20H2,1-2H3. The van der Waals surface area contributed by atoms with Crippen molar-refractivity contribution >= 4 is 11.7 Å². The fraction of sp³-hybridized carbons (Fsp3) is 0.250. The smallest absolute Gasteiger partial charge is 0.338 e. The molecule has 1 unspecified atom stereocenters. The van der Waals surface area contributed by atoms with Gasteiger partial charge in [-0.1, -0.05) is 0 Å². The lowest BCUT2D eigenvalue weighted by atomic mass is 9.82. The molecule has 2 N–H and O–H groups in total. The highest BCUT2D eigenvalue weighted by Crippen LogP contribution is 2.44. The molecule has 8 nitrogen and oxygen atoms in total. The fourth-order valence-corrected chi connectivity index (χ4v) is 2.65. The Labute approximate surface area is 146 Å². The molecule has 0 aromatic heterocycles. The third-order valence-corrected chi connectivity index (χ3v) is 3.66. The number of nitriles is 1. The summed E-state index contributed by atoms with van der Waals surface area (Å²) in [4.78, 5) is 22.6. The number of nitrogens with zero attached hydrogens (tertiary/aromatic N) is 2. The lowest BCUT2D eigenvalue weighted by Gasteiger charge is -2.26. The van der Waals surface area contributed by atoms with Crippen LogP contribution in [-0.4, -0.2) is 17.5 Å².